The zero-order chi connectivity index (χ0) is 18.6. The van der Waals surface area contributed by atoms with Gasteiger partial charge in [0.25, 0.3) is 5.91 Å². The van der Waals surface area contributed by atoms with Gasteiger partial charge in [0, 0.05) is 10.2 Å². The molecular weight excluding hydrogens is 410 g/mol. The maximum absolute atomic E-state index is 12.6. The normalized spacial score (nSPS) is 11.9. The van der Waals surface area contributed by atoms with Crippen LogP contribution in [0.4, 0.5) is 5.69 Å². The molecule has 1 amide bonds. The fraction of sp³-hybridized carbons (Fsp3) is 0.0952. The van der Waals surface area contributed by atoms with Gasteiger partial charge in [-0.2, -0.15) is 0 Å². The van der Waals surface area contributed by atoms with Gasteiger partial charge in [0.15, 0.2) is 11.5 Å². The van der Waals surface area contributed by atoms with Gasteiger partial charge in [0.2, 0.25) is 6.79 Å². The molecule has 136 valence electrons. The number of carbonyl (C=O) groups excluding carboxylic acids is 1. The summed E-state index contributed by atoms with van der Waals surface area (Å²) in [7, 11) is 0. The average molecular weight is 426 g/mol. The Morgan fingerprint density at radius 3 is 2.44 bits per heavy atom. The molecule has 1 aliphatic rings. The number of rotatable bonds is 5. The monoisotopic (exact) mass is 425 g/mol. The number of anilines is 1. The van der Waals surface area contributed by atoms with Crippen molar-refractivity contribution in [1.82, 2.24) is 0 Å². The molecule has 1 aliphatic heterocycles. The topological polar surface area (TPSA) is 56.8 Å². The molecule has 0 spiro atoms. The maximum Gasteiger partial charge on any atom is 0.256 e. The number of nitrogens with one attached hydrogen (secondary N) is 1. The molecule has 0 saturated carbocycles. The van der Waals surface area contributed by atoms with Gasteiger partial charge in [-0.3, -0.25) is 4.79 Å². The van der Waals surface area contributed by atoms with Crippen LogP contribution in [0.2, 0.25) is 0 Å². The lowest BCUT2D eigenvalue weighted by Crippen LogP contribution is -2.12. The summed E-state index contributed by atoms with van der Waals surface area (Å²) in [6, 6.07) is 20.6. The second-order valence-electron chi connectivity index (χ2n) is 5.94. The van der Waals surface area contributed by atoms with E-state index in [1.54, 1.807) is 24.3 Å². The van der Waals surface area contributed by atoms with Crippen molar-refractivity contribution in [2.75, 3.05) is 12.1 Å². The predicted octanol–water partition coefficient (Wildman–Crippen LogP) is 5.01. The highest BCUT2D eigenvalue weighted by Crippen LogP contribution is 2.37. The Kier molecular flexibility index (Phi) is 4.98. The van der Waals surface area contributed by atoms with E-state index in [-0.39, 0.29) is 12.7 Å². The molecule has 1 heterocycles. The van der Waals surface area contributed by atoms with Crippen LogP contribution in [-0.4, -0.2) is 12.7 Å². The van der Waals surface area contributed by atoms with Crippen molar-refractivity contribution in [1.29, 1.82) is 0 Å². The second kappa shape index (κ2) is 7.72. The van der Waals surface area contributed by atoms with Crippen molar-refractivity contribution in [2.24, 2.45) is 0 Å². The molecule has 3 aromatic carbocycles. The van der Waals surface area contributed by atoms with Crippen molar-refractivity contribution in [3.63, 3.8) is 0 Å². The molecule has 3 aromatic rings. The van der Waals surface area contributed by atoms with Crippen molar-refractivity contribution in [3.8, 4) is 17.2 Å². The van der Waals surface area contributed by atoms with Crippen LogP contribution in [0.1, 0.15) is 15.9 Å². The summed E-state index contributed by atoms with van der Waals surface area (Å²) in [4.78, 5) is 12.6. The number of fused-ring (bicyclic) bond motifs is 1. The van der Waals surface area contributed by atoms with Crippen LogP contribution < -0.4 is 19.5 Å². The van der Waals surface area contributed by atoms with Gasteiger partial charge >= 0.3 is 0 Å². The minimum atomic E-state index is -0.238. The zero-order valence-corrected chi connectivity index (χ0v) is 15.9. The molecular formula is C21H16BrNO4. The minimum Gasteiger partial charge on any atom is -0.489 e. The summed E-state index contributed by atoms with van der Waals surface area (Å²) < 4.78 is 17.0. The molecule has 0 atom stereocenters. The Hall–Kier alpha value is -2.99. The molecule has 0 radical (unpaired) electrons. The number of benzene rings is 3. The van der Waals surface area contributed by atoms with Gasteiger partial charge in [0.05, 0.1) is 5.56 Å². The summed E-state index contributed by atoms with van der Waals surface area (Å²) in [6.07, 6.45) is 0. The van der Waals surface area contributed by atoms with Crippen molar-refractivity contribution < 1.29 is 19.0 Å². The van der Waals surface area contributed by atoms with Crippen LogP contribution in [0.5, 0.6) is 17.2 Å². The van der Waals surface area contributed by atoms with Crippen LogP contribution in [0, 0.1) is 0 Å². The molecule has 0 unspecified atom stereocenters. The van der Waals surface area contributed by atoms with Crippen LogP contribution in [0.25, 0.3) is 0 Å². The second-order valence-corrected chi connectivity index (χ2v) is 6.79. The van der Waals surface area contributed by atoms with Crippen molar-refractivity contribution in [2.45, 2.75) is 6.61 Å². The van der Waals surface area contributed by atoms with Crippen LogP contribution in [-0.2, 0) is 6.61 Å². The molecule has 1 N–H and O–H groups in total. The molecule has 5 nitrogen and oxygen atoms in total. The van der Waals surface area contributed by atoms with Gasteiger partial charge in [-0.25, -0.2) is 0 Å². The van der Waals surface area contributed by atoms with E-state index in [4.69, 9.17) is 14.2 Å². The average Bonchev–Trinajstić information content (AvgIpc) is 3.15. The molecule has 0 aromatic heterocycles. The van der Waals surface area contributed by atoms with E-state index in [0.29, 0.717) is 33.8 Å². The molecule has 0 bridgehead atoms. The van der Waals surface area contributed by atoms with Crippen LogP contribution in [0.15, 0.2) is 71.2 Å². The van der Waals surface area contributed by atoms with Crippen molar-refractivity contribution >= 4 is 27.5 Å². The molecule has 6 heteroatoms. The summed E-state index contributed by atoms with van der Waals surface area (Å²) >= 11 is 3.40. The summed E-state index contributed by atoms with van der Waals surface area (Å²) in [6.45, 7) is 0.661. The first kappa shape index (κ1) is 17.4. The van der Waals surface area contributed by atoms with E-state index in [1.807, 2.05) is 42.5 Å². The number of amides is 1. The van der Waals surface area contributed by atoms with E-state index in [9.17, 15) is 4.79 Å². The third-order valence-corrected chi connectivity index (χ3v) is 4.72. The van der Waals surface area contributed by atoms with E-state index >= 15 is 0 Å². The number of carbonyl (C=O) groups is 1. The standard InChI is InChI=1S/C21H16BrNO4/c22-18-11-20-19(26-13-27-20)10-17(18)21(24)23-15-6-8-16(9-7-15)25-12-14-4-2-1-3-5-14/h1-11H,12-13H2,(H,23,24). The lowest BCUT2D eigenvalue weighted by molar-refractivity contribution is 0.102. The van der Waals surface area contributed by atoms with Gasteiger partial charge in [-0.05, 0) is 57.9 Å². The molecule has 4 rings (SSSR count). The number of ether oxygens (including phenoxy) is 3. The van der Waals surface area contributed by atoms with Gasteiger partial charge in [-0.1, -0.05) is 30.3 Å². The Balaban J connectivity index is 1.40. The fourth-order valence-corrected chi connectivity index (χ4v) is 3.17. The van der Waals surface area contributed by atoms with Crippen LogP contribution in [0.3, 0.4) is 0 Å². The van der Waals surface area contributed by atoms with E-state index in [0.717, 1.165) is 11.3 Å². The summed E-state index contributed by atoms with van der Waals surface area (Å²) in [5.74, 6) is 1.69. The number of halogens is 1. The van der Waals surface area contributed by atoms with Crippen LogP contribution >= 0.6 is 15.9 Å². The first-order chi connectivity index (χ1) is 13.2. The first-order valence-electron chi connectivity index (χ1n) is 8.36. The molecule has 27 heavy (non-hydrogen) atoms. The Bertz CT molecular complexity index is 958. The number of hydrogen-bond donors (Lipinski definition) is 1. The predicted molar refractivity (Wildman–Crippen MR) is 105 cm³/mol. The highest BCUT2D eigenvalue weighted by molar-refractivity contribution is 9.10. The quantitative estimate of drug-likeness (QED) is 0.623. The largest absolute Gasteiger partial charge is 0.489 e. The molecule has 0 aliphatic carbocycles. The Morgan fingerprint density at radius 1 is 1.00 bits per heavy atom. The third kappa shape index (κ3) is 4.06. The van der Waals surface area contributed by atoms with E-state index in [1.165, 1.54) is 0 Å². The Labute approximate surface area is 165 Å². The smallest absolute Gasteiger partial charge is 0.256 e. The van der Waals surface area contributed by atoms with Gasteiger partial charge in [0.1, 0.15) is 12.4 Å². The van der Waals surface area contributed by atoms with E-state index < -0.39 is 0 Å². The highest BCUT2D eigenvalue weighted by Gasteiger charge is 2.20. The Morgan fingerprint density at radius 2 is 1.70 bits per heavy atom. The van der Waals surface area contributed by atoms with Crippen molar-refractivity contribution in [3.05, 3.63) is 82.3 Å². The highest BCUT2D eigenvalue weighted by atomic mass is 79.9. The molecule has 0 saturated heterocycles. The lowest BCUT2D eigenvalue weighted by Gasteiger charge is -2.10. The van der Waals surface area contributed by atoms with E-state index in [2.05, 4.69) is 21.2 Å². The SMILES string of the molecule is O=C(Nc1ccc(OCc2ccccc2)cc1)c1cc2c(cc1Br)OCO2. The summed E-state index contributed by atoms with van der Waals surface area (Å²) in [5.41, 5.74) is 2.25. The maximum atomic E-state index is 12.6. The van der Waals surface area contributed by atoms with Gasteiger partial charge < -0.3 is 19.5 Å². The lowest BCUT2D eigenvalue weighted by atomic mass is 10.2. The zero-order valence-electron chi connectivity index (χ0n) is 14.3. The fourth-order valence-electron chi connectivity index (χ4n) is 2.66. The summed E-state index contributed by atoms with van der Waals surface area (Å²) in [5, 5.41) is 2.87. The molecule has 0 fully saturated rings. The first-order valence-corrected chi connectivity index (χ1v) is 9.15. The third-order valence-electron chi connectivity index (χ3n) is 4.07. The van der Waals surface area contributed by atoms with Gasteiger partial charge in [-0.15, -0.1) is 0 Å². The number of hydrogen-bond acceptors (Lipinski definition) is 4. The minimum absolute atomic E-state index is 0.164.